The molecule has 0 nitrogen and oxygen atoms in total. The monoisotopic (exact) mass is 540 g/mol. The van der Waals surface area contributed by atoms with Crippen molar-refractivity contribution in [2.75, 3.05) is 0 Å². The first-order valence-electron chi connectivity index (χ1n) is 14.3. The van der Waals surface area contributed by atoms with E-state index in [1.54, 1.807) is 0 Å². The summed E-state index contributed by atoms with van der Waals surface area (Å²) in [6.45, 7) is 0. The van der Waals surface area contributed by atoms with Crippen LogP contribution in [-0.4, -0.2) is 0 Å². The zero-order chi connectivity index (χ0) is 27.2. The third-order valence-corrected chi connectivity index (χ3v) is 9.79. The average Bonchev–Trinajstić information content (AvgIpc) is 3.55. The first-order valence-corrected chi connectivity index (χ1v) is 15.2. The molecule has 0 saturated carbocycles. The SMILES string of the molecule is C1=C(c2cccc(-c3c4ccccc4c(-c4cccc5ccccc45)c4ccccc34)c2)SC(c2ccccc2)C1. The van der Waals surface area contributed by atoms with E-state index in [9.17, 15) is 0 Å². The summed E-state index contributed by atoms with van der Waals surface area (Å²) >= 11 is 1.99. The molecule has 0 N–H and O–H groups in total. The summed E-state index contributed by atoms with van der Waals surface area (Å²) in [4.78, 5) is 1.38. The second-order valence-corrected chi connectivity index (χ2v) is 12.0. The maximum Gasteiger partial charge on any atom is 0.0379 e. The van der Waals surface area contributed by atoms with Crippen LogP contribution < -0.4 is 0 Å². The van der Waals surface area contributed by atoms with Gasteiger partial charge in [-0.05, 0) is 78.2 Å². The van der Waals surface area contributed by atoms with Gasteiger partial charge in [-0.3, -0.25) is 0 Å². The zero-order valence-electron chi connectivity index (χ0n) is 22.6. The van der Waals surface area contributed by atoms with Crippen molar-refractivity contribution in [3.63, 3.8) is 0 Å². The summed E-state index contributed by atoms with van der Waals surface area (Å²) in [5, 5.41) is 8.21. The van der Waals surface area contributed by atoms with Crippen molar-refractivity contribution >= 4 is 49.0 Å². The van der Waals surface area contributed by atoms with E-state index in [1.165, 1.54) is 70.6 Å². The molecule has 0 bridgehead atoms. The molecule has 8 rings (SSSR count). The quantitative estimate of drug-likeness (QED) is 0.200. The molecule has 0 radical (unpaired) electrons. The van der Waals surface area contributed by atoms with Gasteiger partial charge in [0.25, 0.3) is 0 Å². The zero-order valence-corrected chi connectivity index (χ0v) is 23.4. The number of hydrogen-bond acceptors (Lipinski definition) is 1. The maximum atomic E-state index is 2.42. The van der Waals surface area contributed by atoms with Gasteiger partial charge in [0.15, 0.2) is 0 Å². The van der Waals surface area contributed by atoms with Crippen LogP contribution in [0.2, 0.25) is 0 Å². The van der Waals surface area contributed by atoms with E-state index < -0.39 is 0 Å². The summed E-state index contributed by atoms with van der Waals surface area (Å²) in [6.07, 6.45) is 3.49. The lowest BCUT2D eigenvalue weighted by atomic mass is 9.84. The summed E-state index contributed by atoms with van der Waals surface area (Å²) in [5.74, 6) is 0. The lowest BCUT2D eigenvalue weighted by molar-refractivity contribution is 0.991. The summed E-state index contributed by atoms with van der Waals surface area (Å²) in [6, 6.07) is 53.4. The fraction of sp³-hybridized carbons (Fsp3) is 0.0500. The topological polar surface area (TPSA) is 0 Å². The van der Waals surface area contributed by atoms with Crippen LogP contribution in [0.3, 0.4) is 0 Å². The van der Waals surface area contributed by atoms with Gasteiger partial charge in [-0.2, -0.15) is 0 Å². The van der Waals surface area contributed by atoms with Gasteiger partial charge in [0.05, 0.1) is 0 Å². The van der Waals surface area contributed by atoms with Crippen molar-refractivity contribution in [2.45, 2.75) is 11.7 Å². The fourth-order valence-electron chi connectivity index (χ4n) is 6.52. The van der Waals surface area contributed by atoms with Gasteiger partial charge >= 0.3 is 0 Å². The van der Waals surface area contributed by atoms with Crippen LogP contribution in [0.4, 0.5) is 0 Å². The van der Waals surface area contributed by atoms with Crippen LogP contribution >= 0.6 is 11.8 Å². The molecule has 1 atom stereocenters. The molecule has 0 spiro atoms. The van der Waals surface area contributed by atoms with Crippen molar-refractivity contribution in [2.24, 2.45) is 0 Å². The van der Waals surface area contributed by atoms with E-state index in [-0.39, 0.29) is 0 Å². The Morgan fingerprint density at radius 1 is 0.463 bits per heavy atom. The van der Waals surface area contributed by atoms with Crippen LogP contribution in [0.25, 0.3) is 59.5 Å². The van der Waals surface area contributed by atoms with Crippen molar-refractivity contribution in [3.05, 3.63) is 163 Å². The van der Waals surface area contributed by atoms with Crippen LogP contribution in [0.1, 0.15) is 22.8 Å². The van der Waals surface area contributed by atoms with Gasteiger partial charge in [0, 0.05) is 10.2 Å². The lowest BCUT2D eigenvalue weighted by Gasteiger charge is -2.19. The molecule has 1 aliphatic rings. The molecule has 1 heteroatoms. The first-order chi connectivity index (χ1) is 20.3. The molecule has 1 unspecified atom stereocenters. The van der Waals surface area contributed by atoms with E-state index in [1.807, 2.05) is 11.8 Å². The summed E-state index contributed by atoms with van der Waals surface area (Å²) in [7, 11) is 0. The molecule has 0 amide bonds. The average molecular weight is 541 g/mol. The molecule has 0 fully saturated rings. The predicted octanol–water partition coefficient (Wildman–Crippen LogP) is 11.7. The minimum atomic E-state index is 0.483. The highest BCUT2D eigenvalue weighted by molar-refractivity contribution is 8.08. The molecule has 41 heavy (non-hydrogen) atoms. The highest BCUT2D eigenvalue weighted by Crippen LogP contribution is 2.49. The molecular formula is C40H28S. The third-order valence-electron chi connectivity index (χ3n) is 8.38. The summed E-state index contributed by atoms with van der Waals surface area (Å²) < 4.78 is 0. The van der Waals surface area contributed by atoms with Crippen molar-refractivity contribution in [1.29, 1.82) is 0 Å². The highest BCUT2D eigenvalue weighted by atomic mass is 32.2. The second-order valence-electron chi connectivity index (χ2n) is 10.8. The second kappa shape index (κ2) is 10.1. The number of allylic oxidation sites excluding steroid dienone is 1. The number of benzene rings is 7. The van der Waals surface area contributed by atoms with E-state index >= 15 is 0 Å². The Morgan fingerprint density at radius 2 is 1.02 bits per heavy atom. The minimum absolute atomic E-state index is 0.483. The molecule has 0 saturated heterocycles. The normalized spacial score (nSPS) is 15.0. The van der Waals surface area contributed by atoms with Gasteiger partial charge in [-0.1, -0.05) is 146 Å². The van der Waals surface area contributed by atoms with E-state index in [4.69, 9.17) is 0 Å². The maximum absolute atomic E-state index is 2.42. The van der Waals surface area contributed by atoms with Crippen molar-refractivity contribution < 1.29 is 0 Å². The first kappa shape index (κ1) is 24.2. The van der Waals surface area contributed by atoms with Crippen LogP contribution in [0.5, 0.6) is 0 Å². The van der Waals surface area contributed by atoms with Gasteiger partial charge in [0.2, 0.25) is 0 Å². The van der Waals surface area contributed by atoms with Crippen LogP contribution in [0, 0.1) is 0 Å². The smallest absolute Gasteiger partial charge is 0.0379 e. The third kappa shape index (κ3) is 4.17. The van der Waals surface area contributed by atoms with Crippen LogP contribution in [-0.2, 0) is 0 Å². The Balaban J connectivity index is 1.32. The molecule has 0 aromatic heterocycles. The summed E-state index contributed by atoms with van der Waals surface area (Å²) in [5.41, 5.74) is 7.88. The number of hydrogen-bond donors (Lipinski definition) is 0. The fourth-order valence-corrected chi connectivity index (χ4v) is 7.77. The number of thioether (sulfide) groups is 1. The van der Waals surface area contributed by atoms with Gasteiger partial charge < -0.3 is 0 Å². The largest absolute Gasteiger partial charge is 0.117 e. The van der Waals surface area contributed by atoms with Gasteiger partial charge in [-0.25, -0.2) is 0 Å². The van der Waals surface area contributed by atoms with E-state index in [0.717, 1.165) is 6.42 Å². The minimum Gasteiger partial charge on any atom is -0.117 e. The Bertz CT molecular complexity index is 2040. The lowest BCUT2D eigenvalue weighted by Crippen LogP contribution is -1.92. The number of rotatable bonds is 4. The Hall–Kier alpha value is -4.59. The Labute approximate surface area is 245 Å². The Kier molecular flexibility index (Phi) is 5.97. The molecule has 7 aromatic rings. The molecule has 1 aliphatic heterocycles. The van der Waals surface area contributed by atoms with Crippen molar-refractivity contribution in [1.82, 2.24) is 0 Å². The van der Waals surface area contributed by atoms with Crippen molar-refractivity contribution in [3.8, 4) is 22.3 Å². The standard InChI is InChI=1S/C40H28S/c1-2-13-28(14-3-1)37-24-25-38(41-37)29-16-10-17-30(26-29)39-33-19-6-8-21-35(33)40(36-22-9-7-20-34(36)39)32-23-11-15-27-12-4-5-18-31(27)32/h1-23,25-26,37H,24H2. The molecular weight excluding hydrogens is 513 g/mol. The molecule has 7 aromatic carbocycles. The van der Waals surface area contributed by atoms with Gasteiger partial charge in [0.1, 0.15) is 0 Å². The van der Waals surface area contributed by atoms with Crippen LogP contribution in [0.15, 0.2) is 152 Å². The number of fused-ring (bicyclic) bond motifs is 3. The van der Waals surface area contributed by atoms with Gasteiger partial charge in [-0.15, -0.1) is 11.8 Å². The molecule has 1 heterocycles. The predicted molar refractivity (Wildman–Crippen MR) is 179 cm³/mol. The molecule has 0 aliphatic carbocycles. The van der Waals surface area contributed by atoms with E-state index in [0.29, 0.717) is 5.25 Å². The highest BCUT2D eigenvalue weighted by Gasteiger charge is 2.22. The molecule has 194 valence electrons. The van der Waals surface area contributed by atoms with E-state index in [2.05, 4.69) is 152 Å². The Morgan fingerprint density at radius 3 is 1.76 bits per heavy atom.